The van der Waals surface area contributed by atoms with Gasteiger partial charge in [0.05, 0.1) is 6.54 Å². The topological polar surface area (TPSA) is 101 Å². The van der Waals surface area contributed by atoms with Gasteiger partial charge in [-0.05, 0) is 6.92 Å². The molecule has 1 heterocycles. The van der Waals surface area contributed by atoms with Crippen molar-refractivity contribution in [3.05, 3.63) is 18.1 Å². The molecule has 0 fully saturated rings. The summed E-state index contributed by atoms with van der Waals surface area (Å²) >= 11 is 0. The Bertz CT molecular complexity index is 329. The van der Waals surface area contributed by atoms with Crippen LogP contribution in [0.4, 0.5) is 5.82 Å². The number of aryl methyl sites for hydroxylation is 1. The Hall–Kier alpha value is -1.69. The van der Waals surface area contributed by atoms with E-state index in [4.69, 9.17) is 10.8 Å². The summed E-state index contributed by atoms with van der Waals surface area (Å²) in [6.45, 7) is 1.86. The van der Waals surface area contributed by atoms with Crippen LogP contribution in [0.5, 0.6) is 0 Å². The van der Waals surface area contributed by atoms with Gasteiger partial charge in [-0.25, -0.2) is 9.97 Å². The van der Waals surface area contributed by atoms with Crippen molar-refractivity contribution in [1.82, 2.24) is 9.97 Å². The second-order valence-electron chi connectivity index (χ2n) is 2.84. The molecule has 0 radical (unpaired) electrons. The Morgan fingerprint density at radius 1 is 1.71 bits per heavy atom. The molecule has 76 valence electrons. The monoisotopic (exact) mass is 196 g/mol. The average Bonchev–Trinajstić information content (AvgIpc) is 2.14. The number of primary amides is 1. The summed E-state index contributed by atoms with van der Waals surface area (Å²) < 4.78 is 0. The maximum atomic E-state index is 10.5. The Balaban J connectivity index is 2.49. The fourth-order valence-electron chi connectivity index (χ4n) is 0.853. The molecule has 1 aromatic heterocycles. The number of aliphatic hydroxyl groups is 1. The van der Waals surface area contributed by atoms with Crippen molar-refractivity contribution in [3.63, 3.8) is 0 Å². The lowest BCUT2D eigenvalue weighted by atomic mass is 10.3. The molecule has 0 bridgehead atoms. The van der Waals surface area contributed by atoms with Crippen molar-refractivity contribution in [2.24, 2.45) is 5.73 Å². The molecule has 6 heteroatoms. The van der Waals surface area contributed by atoms with Crippen molar-refractivity contribution in [1.29, 1.82) is 0 Å². The van der Waals surface area contributed by atoms with Crippen LogP contribution in [0.3, 0.4) is 0 Å². The lowest BCUT2D eigenvalue weighted by Crippen LogP contribution is -2.34. The predicted molar refractivity (Wildman–Crippen MR) is 50.5 cm³/mol. The zero-order valence-electron chi connectivity index (χ0n) is 7.77. The van der Waals surface area contributed by atoms with Crippen molar-refractivity contribution < 1.29 is 9.90 Å². The van der Waals surface area contributed by atoms with Crippen molar-refractivity contribution in [2.45, 2.75) is 13.0 Å². The number of aliphatic hydroxyl groups excluding tert-OH is 1. The van der Waals surface area contributed by atoms with E-state index < -0.39 is 12.0 Å². The molecule has 1 rings (SSSR count). The van der Waals surface area contributed by atoms with Gasteiger partial charge in [-0.1, -0.05) is 0 Å². The minimum Gasteiger partial charge on any atom is -0.381 e. The standard InChI is InChI=1S/C8H12N4O2/c1-5-2-7(12-4-11-5)10-3-6(13)8(9)14/h2,4,6,13H,3H2,1H3,(H2,9,14)(H,10,11,12). The van der Waals surface area contributed by atoms with E-state index in [9.17, 15) is 4.79 Å². The number of nitrogens with two attached hydrogens (primary N) is 1. The molecule has 1 unspecified atom stereocenters. The Morgan fingerprint density at radius 2 is 2.43 bits per heavy atom. The van der Waals surface area contributed by atoms with Crippen LogP contribution >= 0.6 is 0 Å². The molecule has 0 saturated carbocycles. The Labute approximate surface area is 81.2 Å². The van der Waals surface area contributed by atoms with Crippen LogP contribution in [0.1, 0.15) is 5.69 Å². The summed E-state index contributed by atoms with van der Waals surface area (Å²) in [5.74, 6) is -0.207. The summed E-state index contributed by atoms with van der Waals surface area (Å²) in [4.78, 5) is 18.3. The van der Waals surface area contributed by atoms with Gasteiger partial charge in [0.2, 0.25) is 5.91 Å². The highest BCUT2D eigenvalue weighted by atomic mass is 16.3. The molecular formula is C8H12N4O2. The van der Waals surface area contributed by atoms with Gasteiger partial charge in [-0.2, -0.15) is 0 Å². The van der Waals surface area contributed by atoms with Gasteiger partial charge in [0.25, 0.3) is 0 Å². The lowest BCUT2D eigenvalue weighted by molar-refractivity contribution is -0.125. The molecule has 1 aromatic rings. The fourth-order valence-corrected chi connectivity index (χ4v) is 0.853. The Morgan fingerprint density at radius 3 is 3.00 bits per heavy atom. The van der Waals surface area contributed by atoms with Gasteiger partial charge >= 0.3 is 0 Å². The molecule has 1 atom stereocenters. The van der Waals surface area contributed by atoms with E-state index >= 15 is 0 Å². The summed E-state index contributed by atoms with van der Waals surface area (Å²) in [7, 11) is 0. The quantitative estimate of drug-likeness (QED) is 0.576. The fraction of sp³-hybridized carbons (Fsp3) is 0.375. The normalized spacial score (nSPS) is 12.1. The first kappa shape index (κ1) is 10.4. The van der Waals surface area contributed by atoms with Crippen LogP contribution in [0.2, 0.25) is 0 Å². The van der Waals surface area contributed by atoms with Crippen LogP contribution in [-0.4, -0.2) is 33.6 Å². The maximum Gasteiger partial charge on any atom is 0.248 e. The number of rotatable bonds is 4. The molecule has 0 spiro atoms. The number of nitrogens with one attached hydrogen (secondary N) is 1. The summed E-state index contributed by atoms with van der Waals surface area (Å²) in [5, 5.41) is 11.8. The van der Waals surface area contributed by atoms with Crippen LogP contribution in [0.15, 0.2) is 12.4 Å². The molecule has 0 aliphatic rings. The number of hydrogen-bond donors (Lipinski definition) is 3. The van der Waals surface area contributed by atoms with Crippen LogP contribution < -0.4 is 11.1 Å². The van der Waals surface area contributed by atoms with E-state index in [1.807, 2.05) is 6.92 Å². The van der Waals surface area contributed by atoms with Gasteiger partial charge in [-0.15, -0.1) is 0 Å². The van der Waals surface area contributed by atoms with Crippen molar-refractivity contribution in [3.8, 4) is 0 Å². The number of carbonyl (C=O) groups excluding carboxylic acids is 1. The number of anilines is 1. The third-order valence-corrected chi connectivity index (χ3v) is 1.61. The van der Waals surface area contributed by atoms with E-state index in [0.29, 0.717) is 5.82 Å². The lowest BCUT2D eigenvalue weighted by Gasteiger charge is -2.08. The molecule has 1 amide bonds. The number of amides is 1. The highest BCUT2D eigenvalue weighted by molar-refractivity contribution is 5.79. The molecule has 0 saturated heterocycles. The summed E-state index contributed by atoms with van der Waals surface area (Å²) in [6.07, 6.45) is 0.194. The van der Waals surface area contributed by atoms with Gasteiger partial charge in [-0.3, -0.25) is 4.79 Å². The van der Waals surface area contributed by atoms with Crippen molar-refractivity contribution >= 4 is 11.7 Å². The van der Waals surface area contributed by atoms with E-state index in [1.165, 1.54) is 6.33 Å². The highest BCUT2D eigenvalue weighted by Crippen LogP contribution is 2.01. The number of hydrogen-bond acceptors (Lipinski definition) is 5. The number of aromatic nitrogens is 2. The molecule has 4 N–H and O–H groups in total. The molecule has 14 heavy (non-hydrogen) atoms. The SMILES string of the molecule is Cc1cc(NCC(O)C(N)=O)ncn1. The minimum absolute atomic E-state index is 0.0474. The third-order valence-electron chi connectivity index (χ3n) is 1.61. The first-order chi connectivity index (χ1) is 6.59. The highest BCUT2D eigenvalue weighted by Gasteiger charge is 2.09. The van der Waals surface area contributed by atoms with E-state index in [0.717, 1.165) is 5.69 Å². The van der Waals surface area contributed by atoms with Gasteiger partial charge in [0.15, 0.2) is 0 Å². The smallest absolute Gasteiger partial charge is 0.248 e. The molecule has 0 aliphatic heterocycles. The second-order valence-corrected chi connectivity index (χ2v) is 2.84. The second kappa shape index (κ2) is 4.52. The van der Waals surface area contributed by atoms with E-state index in [1.54, 1.807) is 6.07 Å². The minimum atomic E-state index is -1.20. The Kier molecular flexibility index (Phi) is 3.35. The summed E-state index contributed by atoms with van der Waals surface area (Å²) in [5.41, 5.74) is 5.67. The van der Waals surface area contributed by atoms with Crippen LogP contribution in [0, 0.1) is 6.92 Å². The largest absolute Gasteiger partial charge is 0.381 e. The first-order valence-electron chi connectivity index (χ1n) is 4.09. The zero-order valence-corrected chi connectivity index (χ0v) is 7.77. The average molecular weight is 196 g/mol. The number of nitrogens with zero attached hydrogens (tertiary/aromatic N) is 2. The molecular weight excluding hydrogens is 184 g/mol. The van der Waals surface area contributed by atoms with Gasteiger partial charge < -0.3 is 16.2 Å². The maximum absolute atomic E-state index is 10.5. The van der Waals surface area contributed by atoms with E-state index in [-0.39, 0.29) is 6.54 Å². The van der Waals surface area contributed by atoms with Crippen LogP contribution in [-0.2, 0) is 4.79 Å². The van der Waals surface area contributed by atoms with Gasteiger partial charge in [0.1, 0.15) is 18.2 Å². The molecule has 0 aliphatic carbocycles. The van der Waals surface area contributed by atoms with Crippen LogP contribution in [0.25, 0.3) is 0 Å². The zero-order chi connectivity index (χ0) is 10.6. The number of carbonyl (C=O) groups is 1. The predicted octanol–water partition coefficient (Wildman–Crippen LogP) is -0.957. The molecule has 6 nitrogen and oxygen atoms in total. The summed E-state index contributed by atoms with van der Waals surface area (Å²) in [6, 6.07) is 1.70. The van der Waals surface area contributed by atoms with E-state index in [2.05, 4.69) is 15.3 Å². The van der Waals surface area contributed by atoms with Gasteiger partial charge in [0, 0.05) is 11.8 Å². The molecule has 0 aromatic carbocycles. The third kappa shape index (κ3) is 2.98. The first-order valence-corrected chi connectivity index (χ1v) is 4.09. The van der Waals surface area contributed by atoms with Crippen molar-refractivity contribution in [2.75, 3.05) is 11.9 Å².